The fourth-order valence-electron chi connectivity index (χ4n) is 6.05. The van der Waals surface area contributed by atoms with E-state index in [1.807, 2.05) is 18.2 Å². The van der Waals surface area contributed by atoms with Gasteiger partial charge in [-0.1, -0.05) is 164 Å². The Morgan fingerprint density at radius 1 is 0.188 bits per heavy atom. The molecule has 226 valence electrons. The molecule has 1 heterocycles. The van der Waals surface area contributed by atoms with Gasteiger partial charge >= 0.3 is 0 Å². The van der Waals surface area contributed by atoms with Crippen molar-refractivity contribution in [2.75, 3.05) is 0 Å². The minimum atomic E-state index is 0.631. The van der Waals surface area contributed by atoms with E-state index in [4.69, 9.17) is 15.0 Å². The van der Waals surface area contributed by atoms with Gasteiger partial charge in [0.1, 0.15) is 0 Å². The zero-order valence-corrected chi connectivity index (χ0v) is 26.2. The fourth-order valence-corrected chi connectivity index (χ4v) is 6.05. The highest BCUT2D eigenvalue weighted by Crippen LogP contribution is 2.32. The van der Waals surface area contributed by atoms with E-state index in [2.05, 4.69) is 170 Å². The zero-order valence-electron chi connectivity index (χ0n) is 26.2. The van der Waals surface area contributed by atoms with Crippen LogP contribution in [0, 0.1) is 0 Å². The number of nitrogens with zero attached hydrogens (tertiary/aromatic N) is 3. The lowest BCUT2D eigenvalue weighted by Gasteiger charge is -2.12. The highest BCUT2D eigenvalue weighted by Gasteiger charge is 2.15. The summed E-state index contributed by atoms with van der Waals surface area (Å²) in [6.45, 7) is 0. The molecule has 0 atom stereocenters. The van der Waals surface area contributed by atoms with E-state index in [1.54, 1.807) is 0 Å². The van der Waals surface area contributed by atoms with Crippen LogP contribution in [0.1, 0.15) is 0 Å². The Morgan fingerprint density at radius 3 is 0.688 bits per heavy atom. The summed E-state index contributed by atoms with van der Waals surface area (Å²) >= 11 is 0. The Bertz CT molecular complexity index is 2230. The topological polar surface area (TPSA) is 38.7 Å². The first kappa shape index (κ1) is 29.0. The van der Waals surface area contributed by atoms with Crippen molar-refractivity contribution in [2.45, 2.75) is 0 Å². The first-order valence-corrected chi connectivity index (χ1v) is 16.1. The molecule has 3 heteroatoms. The molecule has 8 aromatic rings. The molecule has 0 saturated carbocycles. The molecule has 0 radical (unpaired) electrons. The lowest BCUT2D eigenvalue weighted by atomic mass is 9.98. The number of aromatic nitrogens is 3. The first-order chi connectivity index (χ1) is 23.8. The molecule has 0 unspecified atom stereocenters. The van der Waals surface area contributed by atoms with Crippen LogP contribution in [0.5, 0.6) is 0 Å². The van der Waals surface area contributed by atoms with Gasteiger partial charge in [-0.25, -0.2) is 15.0 Å². The Morgan fingerprint density at radius 2 is 0.396 bits per heavy atom. The molecule has 0 N–H and O–H groups in total. The van der Waals surface area contributed by atoms with Crippen LogP contribution in [0.15, 0.2) is 188 Å². The average molecular weight is 614 g/mol. The molecular weight excluding hydrogens is 583 g/mol. The van der Waals surface area contributed by atoms with Crippen LogP contribution in [-0.4, -0.2) is 15.0 Å². The molecule has 1 aromatic heterocycles. The average Bonchev–Trinajstić information content (AvgIpc) is 3.19. The molecule has 0 amide bonds. The van der Waals surface area contributed by atoms with Gasteiger partial charge in [-0.3, -0.25) is 0 Å². The van der Waals surface area contributed by atoms with E-state index >= 15 is 0 Å². The number of hydrogen-bond donors (Lipinski definition) is 0. The van der Waals surface area contributed by atoms with Gasteiger partial charge in [0.05, 0.1) is 0 Å². The second-order valence-electron chi connectivity index (χ2n) is 11.7. The molecule has 0 aliphatic heterocycles. The largest absolute Gasteiger partial charge is 0.208 e. The van der Waals surface area contributed by atoms with Gasteiger partial charge in [-0.05, 0) is 68.8 Å². The predicted molar refractivity (Wildman–Crippen MR) is 198 cm³/mol. The summed E-state index contributed by atoms with van der Waals surface area (Å²) in [7, 11) is 0. The van der Waals surface area contributed by atoms with Gasteiger partial charge in [0.25, 0.3) is 0 Å². The maximum atomic E-state index is 5.09. The molecule has 0 bridgehead atoms. The SMILES string of the molecule is c1ccc(-c2cccc(-c3cccc(-c4nc(-c5cccc(-c6ccccc6)c5)nc(-c5cccc(-c6ccccc6)c5)n4)c3)c2)cc1. The molecular formula is C45H31N3. The maximum Gasteiger partial charge on any atom is 0.164 e. The highest BCUT2D eigenvalue weighted by molar-refractivity contribution is 5.78. The van der Waals surface area contributed by atoms with Crippen LogP contribution in [-0.2, 0) is 0 Å². The number of rotatable bonds is 7. The van der Waals surface area contributed by atoms with Crippen molar-refractivity contribution in [1.29, 1.82) is 0 Å². The molecule has 3 nitrogen and oxygen atoms in total. The Kier molecular flexibility index (Phi) is 7.92. The maximum absolute atomic E-state index is 5.09. The highest BCUT2D eigenvalue weighted by atomic mass is 15.0. The van der Waals surface area contributed by atoms with Crippen molar-refractivity contribution >= 4 is 0 Å². The quantitative estimate of drug-likeness (QED) is 0.179. The smallest absolute Gasteiger partial charge is 0.164 e. The fraction of sp³-hybridized carbons (Fsp3) is 0. The van der Waals surface area contributed by atoms with E-state index in [0.717, 1.165) is 50.1 Å². The van der Waals surface area contributed by atoms with E-state index in [0.29, 0.717) is 17.5 Å². The molecule has 0 aliphatic rings. The third kappa shape index (κ3) is 6.18. The summed E-state index contributed by atoms with van der Waals surface area (Å²) in [5.41, 5.74) is 11.9. The monoisotopic (exact) mass is 613 g/mol. The van der Waals surface area contributed by atoms with Gasteiger partial charge in [0, 0.05) is 16.7 Å². The third-order valence-electron chi connectivity index (χ3n) is 8.51. The summed E-state index contributed by atoms with van der Waals surface area (Å²) in [6, 6.07) is 65.2. The molecule has 8 rings (SSSR count). The minimum Gasteiger partial charge on any atom is -0.208 e. The van der Waals surface area contributed by atoms with Crippen LogP contribution in [0.3, 0.4) is 0 Å². The molecule has 48 heavy (non-hydrogen) atoms. The third-order valence-corrected chi connectivity index (χ3v) is 8.51. The Labute approximate surface area is 280 Å². The number of hydrogen-bond acceptors (Lipinski definition) is 3. The molecule has 0 spiro atoms. The van der Waals surface area contributed by atoms with Crippen LogP contribution < -0.4 is 0 Å². The van der Waals surface area contributed by atoms with Crippen LogP contribution in [0.2, 0.25) is 0 Å². The minimum absolute atomic E-state index is 0.631. The van der Waals surface area contributed by atoms with Gasteiger partial charge in [0.2, 0.25) is 0 Å². The lowest BCUT2D eigenvalue weighted by molar-refractivity contribution is 1.07. The summed E-state index contributed by atoms with van der Waals surface area (Å²) in [6.07, 6.45) is 0. The standard InChI is InChI=1S/C45H31N3/c1-4-14-32(15-5-1)35-20-10-23-38(28-35)39-24-13-27-42(31-39)45-47-43(40-25-11-21-36(29-40)33-16-6-2-7-17-33)46-44(48-45)41-26-12-22-37(30-41)34-18-8-3-9-19-34/h1-31H. The van der Waals surface area contributed by atoms with E-state index in [-0.39, 0.29) is 0 Å². The summed E-state index contributed by atoms with van der Waals surface area (Å²) < 4.78 is 0. The molecule has 0 fully saturated rings. The summed E-state index contributed by atoms with van der Waals surface area (Å²) in [5.74, 6) is 1.90. The van der Waals surface area contributed by atoms with Gasteiger partial charge in [0.15, 0.2) is 17.5 Å². The Balaban J connectivity index is 1.25. The van der Waals surface area contributed by atoms with Gasteiger partial charge < -0.3 is 0 Å². The van der Waals surface area contributed by atoms with Crippen molar-refractivity contribution < 1.29 is 0 Å². The van der Waals surface area contributed by atoms with E-state index < -0.39 is 0 Å². The van der Waals surface area contributed by atoms with Crippen LogP contribution in [0.4, 0.5) is 0 Å². The lowest BCUT2D eigenvalue weighted by Crippen LogP contribution is -2.00. The molecule has 0 aliphatic carbocycles. The predicted octanol–water partition coefficient (Wildman–Crippen LogP) is 11.5. The van der Waals surface area contributed by atoms with Crippen molar-refractivity contribution in [2.24, 2.45) is 0 Å². The van der Waals surface area contributed by atoms with Gasteiger partial charge in [-0.15, -0.1) is 0 Å². The summed E-state index contributed by atoms with van der Waals surface area (Å²) in [4.78, 5) is 15.3. The van der Waals surface area contributed by atoms with Crippen molar-refractivity contribution in [3.05, 3.63) is 188 Å². The van der Waals surface area contributed by atoms with Gasteiger partial charge in [-0.2, -0.15) is 0 Å². The van der Waals surface area contributed by atoms with Crippen molar-refractivity contribution in [3.8, 4) is 78.7 Å². The van der Waals surface area contributed by atoms with E-state index in [1.165, 1.54) is 11.1 Å². The number of benzene rings is 7. The van der Waals surface area contributed by atoms with Crippen molar-refractivity contribution in [3.63, 3.8) is 0 Å². The van der Waals surface area contributed by atoms with E-state index in [9.17, 15) is 0 Å². The summed E-state index contributed by atoms with van der Waals surface area (Å²) in [5, 5.41) is 0. The molecule has 7 aromatic carbocycles. The first-order valence-electron chi connectivity index (χ1n) is 16.1. The zero-order chi connectivity index (χ0) is 32.1. The van der Waals surface area contributed by atoms with Crippen LogP contribution in [0.25, 0.3) is 78.7 Å². The van der Waals surface area contributed by atoms with Crippen molar-refractivity contribution in [1.82, 2.24) is 15.0 Å². The second-order valence-corrected chi connectivity index (χ2v) is 11.7. The molecule has 0 saturated heterocycles. The second kappa shape index (κ2) is 13.1. The normalized spacial score (nSPS) is 10.9. The Hall–Kier alpha value is -6.45. The van der Waals surface area contributed by atoms with Crippen LogP contribution >= 0.6 is 0 Å².